The van der Waals surface area contributed by atoms with Gasteiger partial charge < -0.3 is 20.4 Å². The number of phenols is 4. The van der Waals surface area contributed by atoms with Crippen molar-refractivity contribution in [1.82, 2.24) is 0 Å². The molecule has 0 saturated carbocycles. The van der Waals surface area contributed by atoms with E-state index in [0.29, 0.717) is 11.1 Å². The molecule has 2 rings (SSSR count). The van der Waals surface area contributed by atoms with Crippen molar-refractivity contribution in [1.29, 1.82) is 0 Å². The van der Waals surface area contributed by atoms with Crippen molar-refractivity contribution in [3.63, 3.8) is 0 Å². The van der Waals surface area contributed by atoms with Crippen molar-refractivity contribution in [3.8, 4) is 23.0 Å². The first-order valence-electron chi connectivity index (χ1n) is 6.67. The van der Waals surface area contributed by atoms with Crippen LogP contribution in [0.15, 0.2) is 47.8 Å². The smallest absolute Gasteiger partial charge is 0.195 e. The van der Waals surface area contributed by atoms with Crippen LogP contribution in [0, 0.1) is 13.1 Å². The van der Waals surface area contributed by atoms with Crippen LogP contribution in [0.4, 0.5) is 0 Å². The highest BCUT2D eigenvalue weighted by molar-refractivity contribution is 5.71. The zero-order valence-corrected chi connectivity index (χ0v) is 12.3. The molecule has 0 amide bonds. The summed E-state index contributed by atoms with van der Waals surface area (Å²) in [6.45, 7) is 14.5. The normalized spacial score (nSPS) is 11.6. The lowest BCUT2D eigenvalue weighted by Crippen LogP contribution is -1.83. The molecule has 0 atom stereocenters. The van der Waals surface area contributed by atoms with Crippen LogP contribution in [-0.2, 0) is 0 Å². The summed E-state index contributed by atoms with van der Waals surface area (Å²) >= 11 is 0. The first-order valence-corrected chi connectivity index (χ1v) is 6.67. The molecule has 0 aliphatic rings. The maximum Gasteiger partial charge on any atom is 0.195 e. The zero-order chi connectivity index (χ0) is 17.7. The van der Waals surface area contributed by atoms with Crippen molar-refractivity contribution in [2.45, 2.75) is 0 Å². The van der Waals surface area contributed by atoms with Gasteiger partial charge in [0.05, 0.1) is 13.1 Å². The van der Waals surface area contributed by atoms with Gasteiger partial charge in [-0.1, -0.05) is 24.3 Å². The largest absolute Gasteiger partial charge is 0.504 e. The van der Waals surface area contributed by atoms with E-state index in [1.165, 1.54) is 48.6 Å². The monoisotopic (exact) mass is 320 g/mol. The summed E-state index contributed by atoms with van der Waals surface area (Å²) in [4.78, 5) is 6.63. The Morgan fingerprint density at radius 2 is 1.04 bits per heavy atom. The molecule has 0 unspecified atom stereocenters. The first-order chi connectivity index (χ1) is 11.4. The molecule has 0 spiro atoms. The molecule has 0 aliphatic heterocycles. The topological polar surface area (TPSA) is 89.6 Å². The summed E-state index contributed by atoms with van der Waals surface area (Å²) in [5.41, 5.74) is 0.948. The number of hydrogen-bond donors (Lipinski definition) is 4. The van der Waals surface area contributed by atoms with Gasteiger partial charge in [-0.15, -0.1) is 0 Å². The van der Waals surface area contributed by atoms with Gasteiger partial charge in [-0.2, -0.15) is 0 Å². The van der Waals surface area contributed by atoms with Crippen molar-refractivity contribution < 1.29 is 20.4 Å². The quantitative estimate of drug-likeness (QED) is 0.394. The predicted molar refractivity (Wildman–Crippen MR) is 88.7 cm³/mol. The Morgan fingerprint density at radius 3 is 1.33 bits per heavy atom. The van der Waals surface area contributed by atoms with Crippen LogP contribution in [0.25, 0.3) is 21.8 Å². The van der Waals surface area contributed by atoms with Crippen molar-refractivity contribution in [2.75, 3.05) is 0 Å². The van der Waals surface area contributed by atoms with E-state index in [-0.39, 0.29) is 34.4 Å². The fourth-order valence-electron chi connectivity index (χ4n) is 1.90. The fourth-order valence-corrected chi connectivity index (χ4v) is 1.90. The van der Waals surface area contributed by atoms with Crippen LogP contribution in [0.2, 0.25) is 0 Å². The summed E-state index contributed by atoms with van der Waals surface area (Å²) in [5.74, 6) is -1.22. The molecule has 2 aromatic carbocycles. The Hall–Kier alpha value is -3.90. The van der Waals surface area contributed by atoms with E-state index in [4.69, 9.17) is 13.1 Å². The Kier molecular flexibility index (Phi) is 4.74. The summed E-state index contributed by atoms with van der Waals surface area (Å²) < 4.78 is 0. The van der Waals surface area contributed by atoms with Gasteiger partial charge >= 0.3 is 0 Å². The molecular weight excluding hydrogens is 308 g/mol. The minimum atomic E-state index is -0.329. The van der Waals surface area contributed by atoms with E-state index in [1.807, 2.05) is 0 Å². The van der Waals surface area contributed by atoms with E-state index in [1.54, 1.807) is 0 Å². The molecule has 24 heavy (non-hydrogen) atoms. The Balaban J connectivity index is 2.46. The lowest BCUT2D eigenvalue weighted by molar-refractivity contribution is 0.403. The molecule has 0 aliphatic carbocycles. The second kappa shape index (κ2) is 6.91. The number of aromatic hydroxyl groups is 4. The number of hydrogen-bond acceptors (Lipinski definition) is 4. The highest BCUT2D eigenvalue weighted by Gasteiger charge is 2.08. The second-order valence-corrected chi connectivity index (χ2v) is 4.78. The standard InChI is InChI=1S/C18H12N2O4/c1-19-13(7-11-3-5-15(21)17(23)9-11)14(20-2)8-12-4-6-16(22)18(24)10-12/h3-10,21-24H/b13-7-,14-8-. The van der Waals surface area contributed by atoms with E-state index in [9.17, 15) is 20.4 Å². The van der Waals surface area contributed by atoms with Gasteiger partial charge in [-0.3, -0.25) is 9.69 Å². The van der Waals surface area contributed by atoms with Crippen LogP contribution in [0.3, 0.4) is 0 Å². The molecule has 0 fully saturated rings. The molecule has 6 heteroatoms. The van der Waals surface area contributed by atoms with Crippen molar-refractivity contribution in [2.24, 2.45) is 0 Å². The highest BCUT2D eigenvalue weighted by Crippen LogP contribution is 2.29. The lowest BCUT2D eigenvalue weighted by Gasteiger charge is -2.02. The maximum atomic E-state index is 9.49. The number of nitrogens with zero attached hydrogens (tertiary/aromatic N) is 2. The van der Waals surface area contributed by atoms with Crippen LogP contribution < -0.4 is 0 Å². The second-order valence-electron chi connectivity index (χ2n) is 4.78. The highest BCUT2D eigenvalue weighted by atomic mass is 16.3. The third-order valence-corrected chi connectivity index (χ3v) is 3.11. The Bertz CT molecular complexity index is 854. The average molecular weight is 320 g/mol. The molecule has 2 aromatic rings. The molecule has 6 nitrogen and oxygen atoms in total. The molecule has 0 saturated heterocycles. The Morgan fingerprint density at radius 1 is 0.667 bits per heavy atom. The molecule has 0 heterocycles. The summed E-state index contributed by atoms with van der Waals surface area (Å²) in [7, 11) is 0. The fraction of sp³-hybridized carbons (Fsp3) is 0. The van der Waals surface area contributed by atoms with Crippen LogP contribution in [0.5, 0.6) is 23.0 Å². The predicted octanol–water partition coefficient (Wildman–Crippen LogP) is 3.73. The van der Waals surface area contributed by atoms with E-state index >= 15 is 0 Å². The van der Waals surface area contributed by atoms with Crippen molar-refractivity contribution in [3.05, 3.63) is 81.8 Å². The van der Waals surface area contributed by atoms with Gasteiger partial charge in [0.25, 0.3) is 0 Å². The van der Waals surface area contributed by atoms with Gasteiger partial charge in [0.2, 0.25) is 0 Å². The number of benzene rings is 2. The summed E-state index contributed by atoms with van der Waals surface area (Å²) in [6, 6.07) is 8.09. The number of rotatable bonds is 3. The lowest BCUT2D eigenvalue weighted by atomic mass is 10.1. The van der Waals surface area contributed by atoms with Gasteiger partial charge in [0.1, 0.15) is 0 Å². The molecule has 0 aromatic heterocycles. The van der Waals surface area contributed by atoms with Gasteiger partial charge in [-0.25, -0.2) is 0 Å². The maximum absolute atomic E-state index is 9.49. The average Bonchev–Trinajstić information content (AvgIpc) is 2.57. The van der Waals surface area contributed by atoms with Crippen LogP contribution >= 0.6 is 0 Å². The third kappa shape index (κ3) is 3.65. The van der Waals surface area contributed by atoms with Crippen molar-refractivity contribution >= 4 is 12.2 Å². The van der Waals surface area contributed by atoms with Gasteiger partial charge in [-0.05, 0) is 35.4 Å². The zero-order valence-electron chi connectivity index (χ0n) is 12.3. The van der Waals surface area contributed by atoms with E-state index in [2.05, 4.69) is 9.69 Å². The number of phenolic OH excluding ortho intramolecular Hbond substituents is 4. The van der Waals surface area contributed by atoms with Gasteiger partial charge in [0.15, 0.2) is 34.4 Å². The summed E-state index contributed by atoms with van der Waals surface area (Å²) in [5, 5.41) is 37.6. The third-order valence-electron chi connectivity index (χ3n) is 3.11. The molecule has 4 N–H and O–H groups in total. The molecule has 0 bridgehead atoms. The summed E-state index contributed by atoms with van der Waals surface area (Å²) in [6.07, 6.45) is 2.80. The Labute approximate surface area is 138 Å². The minimum absolute atomic E-state index is 0.0302. The van der Waals surface area contributed by atoms with E-state index < -0.39 is 0 Å². The minimum Gasteiger partial charge on any atom is -0.504 e. The van der Waals surface area contributed by atoms with E-state index in [0.717, 1.165) is 0 Å². The molecular formula is C18H12N2O4. The SMILES string of the molecule is [C-]#[N+]C(=C\c1ccc(O)c(O)c1)/C(=C/c1ccc(O)c(O)c1)[N+]#[C-]. The molecule has 0 radical (unpaired) electrons. The first kappa shape index (κ1) is 16.5. The van der Waals surface area contributed by atoms with Crippen LogP contribution in [-0.4, -0.2) is 20.4 Å². The molecule has 118 valence electrons. The van der Waals surface area contributed by atoms with Gasteiger partial charge in [0, 0.05) is 0 Å². The van der Waals surface area contributed by atoms with Crippen LogP contribution in [0.1, 0.15) is 11.1 Å².